The lowest BCUT2D eigenvalue weighted by Crippen LogP contribution is -2.33. The van der Waals surface area contributed by atoms with E-state index in [1.165, 1.54) is 0 Å². The second-order valence-electron chi connectivity index (χ2n) is 5.38. The van der Waals surface area contributed by atoms with Gasteiger partial charge in [-0.05, 0) is 40.5 Å². The number of nitrogens with one attached hydrogen (secondary N) is 1. The minimum absolute atomic E-state index is 0.0346. The van der Waals surface area contributed by atoms with Gasteiger partial charge < -0.3 is 9.72 Å². The van der Waals surface area contributed by atoms with E-state index < -0.39 is 17.1 Å². The lowest BCUT2D eigenvalue weighted by atomic mass is 10.1. The van der Waals surface area contributed by atoms with E-state index in [9.17, 15) is 19.2 Å². The molecule has 1 aromatic heterocycles. The van der Waals surface area contributed by atoms with Crippen molar-refractivity contribution in [3.63, 3.8) is 0 Å². The summed E-state index contributed by atoms with van der Waals surface area (Å²) < 4.78 is 21.0. The molecule has 0 aliphatic heterocycles. The first-order chi connectivity index (χ1) is 12.4. The highest BCUT2D eigenvalue weighted by atomic mass is 79.9. The Labute approximate surface area is 155 Å². The summed E-state index contributed by atoms with van der Waals surface area (Å²) >= 11 is 3.00. The molecule has 0 saturated heterocycles. The summed E-state index contributed by atoms with van der Waals surface area (Å²) in [4.78, 5) is 26.6. The third-order valence-corrected chi connectivity index (χ3v) is 4.05. The molecular weight excluding hydrogens is 405 g/mol. The lowest BCUT2D eigenvalue weighted by Gasteiger charge is -2.13. The third-order valence-electron chi connectivity index (χ3n) is 3.62. The average Bonchev–Trinajstić information content (AvgIpc) is 2.58. The standard InChI is InChI=1S/C18H11BrFN3O3/c1-10-4-2-3-5-14(10)26-15-7-13(12(20)6-11(15)9-21)23-17(24)8-16(19)22-18(23)25/h2-8H,1H3,(H,22,25). The van der Waals surface area contributed by atoms with Crippen LogP contribution in [0.1, 0.15) is 11.1 Å². The van der Waals surface area contributed by atoms with Gasteiger partial charge in [-0.25, -0.2) is 13.8 Å². The number of benzene rings is 2. The number of aromatic amines is 1. The molecule has 1 N–H and O–H groups in total. The molecule has 0 amide bonds. The molecule has 0 bridgehead atoms. The van der Waals surface area contributed by atoms with Crippen LogP contribution in [0.5, 0.6) is 11.5 Å². The highest BCUT2D eigenvalue weighted by Crippen LogP contribution is 2.30. The van der Waals surface area contributed by atoms with E-state index in [2.05, 4.69) is 20.9 Å². The Bertz CT molecular complexity index is 1130. The van der Waals surface area contributed by atoms with Crippen molar-refractivity contribution in [2.45, 2.75) is 6.92 Å². The number of para-hydroxylation sites is 1. The van der Waals surface area contributed by atoms with Gasteiger partial charge in [-0.1, -0.05) is 18.2 Å². The van der Waals surface area contributed by atoms with Crippen LogP contribution in [-0.4, -0.2) is 9.55 Å². The topological polar surface area (TPSA) is 87.9 Å². The largest absolute Gasteiger partial charge is 0.456 e. The van der Waals surface area contributed by atoms with Crippen molar-refractivity contribution in [3.8, 4) is 23.3 Å². The fourth-order valence-corrected chi connectivity index (χ4v) is 2.74. The van der Waals surface area contributed by atoms with Crippen molar-refractivity contribution < 1.29 is 9.13 Å². The first kappa shape index (κ1) is 17.6. The molecule has 0 spiro atoms. The van der Waals surface area contributed by atoms with Crippen LogP contribution in [0.4, 0.5) is 4.39 Å². The van der Waals surface area contributed by atoms with Crippen molar-refractivity contribution in [2.24, 2.45) is 0 Å². The van der Waals surface area contributed by atoms with E-state index in [1.807, 2.05) is 25.1 Å². The predicted molar refractivity (Wildman–Crippen MR) is 96.3 cm³/mol. The number of aryl methyl sites for hydroxylation is 1. The summed E-state index contributed by atoms with van der Waals surface area (Å²) in [5.74, 6) is -0.389. The van der Waals surface area contributed by atoms with E-state index in [1.54, 1.807) is 12.1 Å². The van der Waals surface area contributed by atoms with Gasteiger partial charge in [0.2, 0.25) is 0 Å². The van der Waals surface area contributed by atoms with Crippen LogP contribution in [0.15, 0.2) is 56.7 Å². The monoisotopic (exact) mass is 415 g/mol. The first-order valence-corrected chi connectivity index (χ1v) is 8.19. The minimum Gasteiger partial charge on any atom is -0.456 e. The molecule has 26 heavy (non-hydrogen) atoms. The second-order valence-corrected chi connectivity index (χ2v) is 6.23. The molecule has 3 aromatic rings. The number of halogens is 2. The number of rotatable bonds is 3. The molecule has 130 valence electrons. The fraction of sp³-hybridized carbons (Fsp3) is 0.0556. The van der Waals surface area contributed by atoms with Crippen molar-refractivity contribution in [3.05, 3.63) is 84.8 Å². The summed E-state index contributed by atoms with van der Waals surface area (Å²) in [5, 5.41) is 9.26. The lowest BCUT2D eigenvalue weighted by molar-refractivity contribution is 0.474. The van der Waals surface area contributed by atoms with Crippen LogP contribution in [-0.2, 0) is 0 Å². The maximum atomic E-state index is 14.5. The van der Waals surface area contributed by atoms with Crippen LogP contribution in [0.25, 0.3) is 5.69 Å². The number of H-pyrrole nitrogens is 1. The molecule has 0 fully saturated rings. The number of ether oxygens (including phenoxy) is 1. The quantitative estimate of drug-likeness (QED) is 0.663. The summed E-state index contributed by atoms with van der Waals surface area (Å²) in [7, 11) is 0. The van der Waals surface area contributed by atoms with E-state index in [-0.39, 0.29) is 21.6 Å². The molecule has 0 aliphatic carbocycles. The maximum Gasteiger partial charge on any atom is 0.333 e. The Hall–Kier alpha value is -3.18. The number of aromatic nitrogens is 2. The number of nitrogens with zero attached hydrogens (tertiary/aromatic N) is 2. The number of hydrogen-bond donors (Lipinski definition) is 1. The second kappa shape index (κ2) is 6.98. The summed E-state index contributed by atoms with van der Waals surface area (Å²) in [6.45, 7) is 1.82. The van der Waals surface area contributed by atoms with Gasteiger partial charge in [0.05, 0.1) is 15.9 Å². The van der Waals surface area contributed by atoms with Crippen LogP contribution < -0.4 is 16.0 Å². The molecule has 2 aromatic carbocycles. The van der Waals surface area contributed by atoms with Crippen molar-refractivity contribution in [1.29, 1.82) is 5.26 Å². The molecular formula is C18H11BrFN3O3. The van der Waals surface area contributed by atoms with Gasteiger partial charge in [0, 0.05) is 12.1 Å². The highest BCUT2D eigenvalue weighted by Gasteiger charge is 2.17. The molecule has 0 unspecified atom stereocenters. The SMILES string of the molecule is Cc1ccccc1Oc1cc(-n2c(=O)cc(Br)[nH]c2=O)c(F)cc1C#N. The first-order valence-electron chi connectivity index (χ1n) is 7.40. The van der Waals surface area contributed by atoms with Gasteiger partial charge in [0.25, 0.3) is 5.56 Å². The average molecular weight is 416 g/mol. The van der Waals surface area contributed by atoms with Crippen LogP contribution in [0.3, 0.4) is 0 Å². The zero-order chi connectivity index (χ0) is 18.8. The van der Waals surface area contributed by atoms with E-state index in [4.69, 9.17) is 4.74 Å². The summed E-state index contributed by atoms with van der Waals surface area (Å²) in [6.07, 6.45) is 0. The van der Waals surface area contributed by atoms with Gasteiger partial charge in [0.1, 0.15) is 23.4 Å². The predicted octanol–water partition coefficient (Wildman–Crippen LogP) is 3.40. The zero-order valence-electron chi connectivity index (χ0n) is 13.4. The van der Waals surface area contributed by atoms with Gasteiger partial charge >= 0.3 is 5.69 Å². The van der Waals surface area contributed by atoms with E-state index >= 15 is 0 Å². The zero-order valence-corrected chi connectivity index (χ0v) is 15.0. The Morgan fingerprint density at radius 1 is 1.19 bits per heavy atom. The van der Waals surface area contributed by atoms with Crippen LogP contribution >= 0.6 is 15.9 Å². The molecule has 0 saturated carbocycles. The van der Waals surface area contributed by atoms with E-state index in [0.717, 1.165) is 23.8 Å². The molecule has 3 rings (SSSR count). The third kappa shape index (κ3) is 3.30. The van der Waals surface area contributed by atoms with Gasteiger partial charge in [-0.2, -0.15) is 5.26 Å². The van der Waals surface area contributed by atoms with Crippen LogP contribution in [0.2, 0.25) is 0 Å². The molecule has 0 radical (unpaired) electrons. The number of hydrogen-bond acceptors (Lipinski definition) is 4. The summed E-state index contributed by atoms with van der Waals surface area (Å²) in [6, 6.07) is 12.1. The van der Waals surface area contributed by atoms with Gasteiger partial charge in [0.15, 0.2) is 0 Å². The normalized spacial score (nSPS) is 10.4. The van der Waals surface area contributed by atoms with Gasteiger partial charge in [-0.15, -0.1) is 0 Å². The van der Waals surface area contributed by atoms with Crippen molar-refractivity contribution in [2.75, 3.05) is 0 Å². The minimum atomic E-state index is -0.895. The van der Waals surface area contributed by atoms with E-state index in [0.29, 0.717) is 10.3 Å². The molecule has 6 nitrogen and oxygen atoms in total. The Balaban J connectivity index is 2.21. The molecule has 0 atom stereocenters. The number of nitriles is 1. The maximum absolute atomic E-state index is 14.5. The Morgan fingerprint density at radius 2 is 1.92 bits per heavy atom. The Kier molecular flexibility index (Phi) is 4.73. The molecule has 8 heteroatoms. The summed E-state index contributed by atoms with van der Waals surface area (Å²) in [5.41, 5.74) is -1.12. The fourth-order valence-electron chi connectivity index (χ4n) is 2.37. The Morgan fingerprint density at radius 3 is 2.58 bits per heavy atom. The highest BCUT2D eigenvalue weighted by molar-refractivity contribution is 9.10. The smallest absolute Gasteiger partial charge is 0.333 e. The molecule has 1 heterocycles. The molecule has 0 aliphatic rings. The van der Waals surface area contributed by atoms with Crippen molar-refractivity contribution >= 4 is 15.9 Å². The van der Waals surface area contributed by atoms with Gasteiger partial charge in [-0.3, -0.25) is 4.79 Å². The van der Waals surface area contributed by atoms with Crippen molar-refractivity contribution in [1.82, 2.24) is 9.55 Å². The van der Waals surface area contributed by atoms with Crippen LogP contribution in [0, 0.1) is 24.1 Å².